The molecule has 18 heavy (non-hydrogen) atoms. The van der Waals surface area contributed by atoms with Crippen molar-refractivity contribution in [2.24, 2.45) is 0 Å². The Bertz CT molecular complexity index is 458. The van der Waals surface area contributed by atoms with E-state index in [0.29, 0.717) is 6.42 Å². The molecule has 1 aromatic rings. The molecular formula is C13H21NO2S2. The largest absolute Gasteiger partial charge is 0.313 e. The van der Waals surface area contributed by atoms with Crippen molar-refractivity contribution in [1.29, 1.82) is 0 Å². The molecule has 0 fully saturated rings. The van der Waals surface area contributed by atoms with E-state index in [1.165, 1.54) is 16.7 Å². The number of rotatable bonds is 8. The van der Waals surface area contributed by atoms with Crippen LogP contribution in [0.2, 0.25) is 0 Å². The van der Waals surface area contributed by atoms with Gasteiger partial charge in [-0.2, -0.15) is 0 Å². The van der Waals surface area contributed by atoms with Crippen LogP contribution in [0.1, 0.15) is 18.9 Å². The third-order valence-electron chi connectivity index (χ3n) is 2.41. The van der Waals surface area contributed by atoms with Crippen LogP contribution in [0.5, 0.6) is 0 Å². The van der Waals surface area contributed by atoms with E-state index in [0.717, 1.165) is 18.8 Å². The monoisotopic (exact) mass is 287 g/mol. The van der Waals surface area contributed by atoms with Gasteiger partial charge in [-0.15, -0.1) is 11.8 Å². The van der Waals surface area contributed by atoms with Gasteiger partial charge in [-0.05, 0) is 36.4 Å². The minimum Gasteiger partial charge on any atom is -0.313 e. The van der Waals surface area contributed by atoms with Crippen LogP contribution in [0.15, 0.2) is 29.2 Å². The van der Waals surface area contributed by atoms with Crippen molar-refractivity contribution in [1.82, 2.24) is 5.32 Å². The van der Waals surface area contributed by atoms with Crippen molar-refractivity contribution >= 4 is 21.6 Å². The summed E-state index contributed by atoms with van der Waals surface area (Å²) < 4.78 is 22.0. The third kappa shape index (κ3) is 7.03. The Morgan fingerprint density at radius 2 is 2.11 bits per heavy atom. The van der Waals surface area contributed by atoms with Gasteiger partial charge in [0, 0.05) is 17.7 Å². The summed E-state index contributed by atoms with van der Waals surface area (Å²) in [5, 5.41) is 3.29. The fraction of sp³-hybridized carbons (Fsp3) is 0.538. The van der Waals surface area contributed by atoms with Crippen LogP contribution in [0.3, 0.4) is 0 Å². The quantitative estimate of drug-likeness (QED) is 0.589. The zero-order chi connectivity index (χ0) is 13.4. The highest BCUT2D eigenvalue weighted by atomic mass is 32.2. The Kier molecular flexibility index (Phi) is 6.75. The summed E-state index contributed by atoms with van der Waals surface area (Å²) in [6.45, 7) is 3.93. The molecule has 1 aromatic carbocycles. The van der Waals surface area contributed by atoms with Gasteiger partial charge in [0.2, 0.25) is 0 Å². The number of nitrogens with one attached hydrogen (secondary N) is 1. The van der Waals surface area contributed by atoms with Crippen LogP contribution >= 0.6 is 11.8 Å². The van der Waals surface area contributed by atoms with Crippen molar-refractivity contribution in [3.63, 3.8) is 0 Å². The van der Waals surface area contributed by atoms with Crippen LogP contribution in [0.4, 0.5) is 0 Å². The first-order valence-electron chi connectivity index (χ1n) is 6.11. The molecule has 0 atom stereocenters. The number of hydrogen-bond acceptors (Lipinski definition) is 4. The first-order valence-corrected chi connectivity index (χ1v) is 9.16. The first-order chi connectivity index (χ1) is 8.51. The van der Waals surface area contributed by atoms with Crippen molar-refractivity contribution in [3.8, 4) is 0 Å². The molecular weight excluding hydrogens is 266 g/mol. The summed E-state index contributed by atoms with van der Waals surface area (Å²) in [5.41, 5.74) is 1.27. The number of sulfone groups is 1. The fourth-order valence-corrected chi connectivity index (χ4v) is 3.31. The van der Waals surface area contributed by atoms with Gasteiger partial charge in [0.25, 0.3) is 0 Å². The van der Waals surface area contributed by atoms with Crippen molar-refractivity contribution < 1.29 is 8.42 Å². The van der Waals surface area contributed by atoms with Gasteiger partial charge in [-0.25, -0.2) is 8.42 Å². The predicted octanol–water partition coefficient (Wildman–Crippen LogP) is 2.32. The molecule has 0 aromatic heterocycles. The summed E-state index contributed by atoms with van der Waals surface area (Å²) in [5.74, 6) is 1.12. The Labute approximate surface area is 114 Å². The zero-order valence-corrected chi connectivity index (χ0v) is 12.6. The smallest absolute Gasteiger partial charge is 0.147 e. The van der Waals surface area contributed by atoms with E-state index in [-0.39, 0.29) is 5.75 Å². The fourth-order valence-electron chi connectivity index (χ4n) is 1.53. The van der Waals surface area contributed by atoms with E-state index in [2.05, 4.69) is 30.4 Å². The molecule has 0 unspecified atom stereocenters. The Balaban J connectivity index is 2.38. The summed E-state index contributed by atoms with van der Waals surface area (Å²) in [7, 11) is -2.82. The minimum atomic E-state index is -2.82. The third-order valence-corrected chi connectivity index (χ3v) is 4.52. The molecule has 0 radical (unpaired) electrons. The van der Waals surface area contributed by atoms with Crippen molar-refractivity contribution in [2.45, 2.75) is 24.8 Å². The molecule has 3 nitrogen and oxygen atoms in total. The standard InChI is InChI=1S/C13H21NO2S2/c1-3-14-11-12-6-4-7-13(10-12)17-8-5-9-18(2,15)16/h4,6-7,10,14H,3,5,8-9,11H2,1-2H3. The van der Waals surface area contributed by atoms with Crippen molar-refractivity contribution in [2.75, 3.05) is 24.3 Å². The molecule has 0 spiro atoms. The van der Waals surface area contributed by atoms with Gasteiger partial charge < -0.3 is 5.32 Å². The number of benzene rings is 1. The molecule has 0 aliphatic carbocycles. The molecule has 1 N–H and O–H groups in total. The zero-order valence-electron chi connectivity index (χ0n) is 11.0. The van der Waals surface area contributed by atoms with E-state index in [9.17, 15) is 8.42 Å². The average molecular weight is 287 g/mol. The molecule has 0 amide bonds. The first kappa shape index (κ1) is 15.5. The minimum absolute atomic E-state index is 0.275. The summed E-state index contributed by atoms with van der Waals surface area (Å²) in [6.07, 6.45) is 2.00. The van der Waals surface area contributed by atoms with E-state index < -0.39 is 9.84 Å². The Hall–Kier alpha value is -0.520. The topological polar surface area (TPSA) is 46.2 Å². The maximum absolute atomic E-state index is 11.0. The van der Waals surface area contributed by atoms with E-state index in [4.69, 9.17) is 0 Å². The van der Waals surface area contributed by atoms with Crippen LogP contribution in [-0.4, -0.2) is 32.7 Å². The molecule has 1 rings (SSSR count). The van der Waals surface area contributed by atoms with Crippen LogP contribution < -0.4 is 5.32 Å². The van der Waals surface area contributed by atoms with Crippen LogP contribution in [0.25, 0.3) is 0 Å². The lowest BCUT2D eigenvalue weighted by Gasteiger charge is -2.05. The number of thioether (sulfide) groups is 1. The van der Waals surface area contributed by atoms with Crippen molar-refractivity contribution in [3.05, 3.63) is 29.8 Å². The molecule has 5 heteroatoms. The van der Waals surface area contributed by atoms with Crippen LogP contribution in [-0.2, 0) is 16.4 Å². The lowest BCUT2D eigenvalue weighted by Crippen LogP contribution is -2.11. The maximum Gasteiger partial charge on any atom is 0.147 e. The van der Waals surface area contributed by atoms with Gasteiger partial charge in [-0.1, -0.05) is 19.1 Å². The molecule has 0 heterocycles. The van der Waals surface area contributed by atoms with Gasteiger partial charge in [0.1, 0.15) is 9.84 Å². The molecule has 102 valence electrons. The second-order valence-corrected chi connectivity index (χ2v) is 7.69. The Morgan fingerprint density at radius 1 is 1.33 bits per heavy atom. The molecule has 0 saturated carbocycles. The van der Waals surface area contributed by atoms with Gasteiger partial charge >= 0.3 is 0 Å². The highest BCUT2D eigenvalue weighted by molar-refractivity contribution is 7.99. The van der Waals surface area contributed by atoms with E-state index >= 15 is 0 Å². The summed E-state index contributed by atoms with van der Waals surface area (Å²) >= 11 is 1.72. The molecule has 0 aliphatic rings. The normalized spacial score (nSPS) is 11.7. The molecule has 0 saturated heterocycles. The molecule has 0 bridgehead atoms. The Morgan fingerprint density at radius 3 is 2.78 bits per heavy atom. The summed E-state index contributed by atoms with van der Waals surface area (Å²) in [6, 6.07) is 8.38. The highest BCUT2D eigenvalue weighted by Gasteiger charge is 2.02. The van der Waals surface area contributed by atoms with Gasteiger partial charge in [0.15, 0.2) is 0 Å². The average Bonchev–Trinajstić information content (AvgIpc) is 2.31. The highest BCUT2D eigenvalue weighted by Crippen LogP contribution is 2.20. The number of hydrogen-bond donors (Lipinski definition) is 1. The lowest BCUT2D eigenvalue weighted by atomic mass is 10.2. The van der Waals surface area contributed by atoms with Gasteiger partial charge in [-0.3, -0.25) is 0 Å². The summed E-state index contributed by atoms with van der Waals surface area (Å²) in [4.78, 5) is 1.21. The van der Waals surface area contributed by atoms with Gasteiger partial charge in [0.05, 0.1) is 5.75 Å². The SMILES string of the molecule is CCNCc1cccc(SCCCS(C)(=O)=O)c1. The predicted molar refractivity (Wildman–Crippen MR) is 78.9 cm³/mol. The second kappa shape index (κ2) is 7.81. The van der Waals surface area contributed by atoms with E-state index in [1.807, 2.05) is 6.07 Å². The molecule has 0 aliphatic heterocycles. The maximum atomic E-state index is 11.0. The second-order valence-electron chi connectivity index (χ2n) is 4.26. The van der Waals surface area contributed by atoms with E-state index in [1.54, 1.807) is 11.8 Å². The lowest BCUT2D eigenvalue weighted by molar-refractivity contribution is 0.600. The van der Waals surface area contributed by atoms with Crippen LogP contribution in [0, 0.1) is 0 Å².